The number of hydrogen-bond donors (Lipinski definition) is 0. The fourth-order valence-corrected chi connectivity index (χ4v) is 2.05. The summed E-state index contributed by atoms with van der Waals surface area (Å²) in [5, 5.41) is 0. The van der Waals surface area contributed by atoms with Crippen LogP contribution in [0.4, 0.5) is 4.39 Å². The van der Waals surface area contributed by atoms with Gasteiger partial charge in [0.25, 0.3) is 0 Å². The third-order valence-electron chi connectivity index (χ3n) is 2.63. The molecule has 1 nitrogen and oxygen atoms in total. The molecule has 0 heterocycles. The van der Waals surface area contributed by atoms with Crippen molar-refractivity contribution in [2.24, 2.45) is 5.92 Å². The molecule has 0 radical (unpaired) electrons. The number of halogens is 2. The Labute approximate surface area is 104 Å². The lowest BCUT2D eigenvalue weighted by atomic mass is 9.96. The number of Topliss-reactive ketones (excluding diaryl/α,β-unsaturated/α-hetero) is 1. The third kappa shape index (κ3) is 3.71. The zero-order valence-electron chi connectivity index (χ0n) is 9.59. The summed E-state index contributed by atoms with van der Waals surface area (Å²) in [6.45, 7) is 4.02. The minimum Gasteiger partial charge on any atom is -0.299 e. The van der Waals surface area contributed by atoms with Gasteiger partial charge in [-0.25, -0.2) is 4.39 Å². The van der Waals surface area contributed by atoms with E-state index < -0.39 is 0 Å². The molecule has 16 heavy (non-hydrogen) atoms. The van der Waals surface area contributed by atoms with Gasteiger partial charge >= 0.3 is 0 Å². The van der Waals surface area contributed by atoms with Crippen molar-refractivity contribution in [3.8, 4) is 0 Å². The van der Waals surface area contributed by atoms with Crippen molar-refractivity contribution in [1.82, 2.24) is 0 Å². The molecular formula is C13H16BrFO. The molecule has 0 spiro atoms. The maximum absolute atomic E-state index is 13.0. The van der Waals surface area contributed by atoms with E-state index in [1.54, 1.807) is 12.1 Å². The molecule has 0 bridgehead atoms. The van der Waals surface area contributed by atoms with Gasteiger partial charge in [-0.3, -0.25) is 4.79 Å². The van der Waals surface area contributed by atoms with Crippen LogP contribution in [-0.4, -0.2) is 5.78 Å². The highest BCUT2D eigenvalue weighted by molar-refractivity contribution is 9.10. The minimum absolute atomic E-state index is 0.0915. The highest BCUT2D eigenvalue weighted by Crippen LogP contribution is 2.18. The van der Waals surface area contributed by atoms with Crippen LogP contribution in [0, 0.1) is 11.7 Å². The van der Waals surface area contributed by atoms with Crippen LogP contribution in [0.3, 0.4) is 0 Å². The van der Waals surface area contributed by atoms with E-state index in [1.165, 1.54) is 6.07 Å². The average molecular weight is 287 g/mol. The molecule has 1 aromatic carbocycles. The maximum Gasteiger partial charge on any atom is 0.140 e. The van der Waals surface area contributed by atoms with Crippen LogP contribution in [0.25, 0.3) is 0 Å². The average Bonchev–Trinajstić information content (AvgIpc) is 2.24. The van der Waals surface area contributed by atoms with Crippen molar-refractivity contribution in [1.29, 1.82) is 0 Å². The monoisotopic (exact) mass is 286 g/mol. The van der Waals surface area contributed by atoms with E-state index in [4.69, 9.17) is 0 Å². The molecule has 0 saturated heterocycles. The molecule has 0 aromatic heterocycles. The number of ketones is 1. The maximum atomic E-state index is 13.0. The molecule has 0 N–H and O–H groups in total. The predicted octanol–water partition coefficient (Wildman–Crippen LogP) is 4.14. The Morgan fingerprint density at radius 2 is 2.19 bits per heavy atom. The second-order valence-corrected chi connectivity index (χ2v) is 4.94. The van der Waals surface area contributed by atoms with Gasteiger partial charge in [-0.1, -0.05) is 26.3 Å². The van der Waals surface area contributed by atoms with Crippen LogP contribution in [0.2, 0.25) is 0 Å². The van der Waals surface area contributed by atoms with Crippen LogP contribution in [0.5, 0.6) is 0 Å². The van der Waals surface area contributed by atoms with E-state index in [9.17, 15) is 9.18 Å². The Morgan fingerprint density at radius 3 is 2.75 bits per heavy atom. The third-order valence-corrected chi connectivity index (χ3v) is 3.24. The van der Waals surface area contributed by atoms with E-state index in [-0.39, 0.29) is 17.5 Å². The first kappa shape index (κ1) is 13.4. The Hall–Kier alpha value is -0.700. The molecule has 1 aromatic rings. The first-order valence-electron chi connectivity index (χ1n) is 5.51. The van der Waals surface area contributed by atoms with Gasteiger partial charge in [0.05, 0.1) is 4.47 Å². The lowest BCUT2D eigenvalue weighted by Gasteiger charge is -2.09. The molecule has 0 aliphatic rings. The van der Waals surface area contributed by atoms with E-state index in [0.29, 0.717) is 10.9 Å². The van der Waals surface area contributed by atoms with Gasteiger partial charge < -0.3 is 0 Å². The summed E-state index contributed by atoms with van der Waals surface area (Å²) >= 11 is 3.12. The molecule has 0 aliphatic carbocycles. The van der Waals surface area contributed by atoms with Gasteiger partial charge in [-0.2, -0.15) is 0 Å². The van der Waals surface area contributed by atoms with Crippen molar-refractivity contribution in [3.05, 3.63) is 34.1 Å². The van der Waals surface area contributed by atoms with E-state index in [0.717, 1.165) is 18.4 Å². The molecule has 1 unspecified atom stereocenters. The van der Waals surface area contributed by atoms with Gasteiger partial charge in [-0.05, 0) is 40.0 Å². The van der Waals surface area contributed by atoms with Gasteiger partial charge in [-0.15, -0.1) is 0 Å². The van der Waals surface area contributed by atoms with E-state index in [2.05, 4.69) is 22.9 Å². The Kier molecular flexibility index (Phi) is 5.13. The summed E-state index contributed by atoms with van der Waals surface area (Å²) in [5.41, 5.74) is 0.862. The standard InChI is InChI=1S/C13H16BrFO/c1-3-4-9(2)13(16)8-10-5-6-12(15)11(14)7-10/h5-7,9H,3-4,8H2,1-2H3. The first-order valence-corrected chi connectivity index (χ1v) is 6.30. The first-order chi connectivity index (χ1) is 7.54. The van der Waals surface area contributed by atoms with Crippen LogP contribution >= 0.6 is 15.9 Å². The number of benzene rings is 1. The second kappa shape index (κ2) is 6.14. The highest BCUT2D eigenvalue weighted by Gasteiger charge is 2.13. The van der Waals surface area contributed by atoms with Gasteiger partial charge in [0.15, 0.2) is 0 Å². The summed E-state index contributed by atoms with van der Waals surface area (Å²) in [4.78, 5) is 11.8. The summed E-state index contributed by atoms with van der Waals surface area (Å²) in [7, 11) is 0. The second-order valence-electron chi connectivity index (χ2n) is 4.08. The number of hydrogen-bond acceptors (Lipinski definition) is 1. The lowest BCUT2D eigenvalue weighted by Crippen LogP contribution is -2.13. The fourth-order valence-electron chi connectivity index (χ4n) is 1.62. The lowest BCUT2D eigenvalue weighted by molar-refractivity contribution is -0.121. The van der Waals surface area contributed by atoms with Crippen molar-refractivity contribution in [2.45, 2.75) is 33.1 Å². The quantitative estimate of drug-likeness (QED) is 0.795. The Balaban J connectivity index is 2.66. The van der Waals surface area contributed by atoms with Gasteiger partial charge in [0, 0.05) is 12.3 Å². The zero-order valence-corrected chi connectivity index (χ0v) is 11.2. The molecule has 88 valence electrons. The molecule has 1 atom stereocenters. The molecule has 0 saturated carbocycles. The van der Waals surface area contributed by atoms with Crippen molar-refractivity contribution in [2.75, 3.05) is 0 Å². The number of carbonyl (C=O) groups excluding carboxylic acids is 1. The predicted molar refractivity (Wildman–Crippen MR) is 66.9 cm³/mol. The van der Waals surface area contributed by atoms with E-state index in [1.807, 2.05) is 6.92 Å². The Morgan fingerprint density at radius 1 is 1.50 bits per heavy atom. The van der Waals surface area contributed by atoms with Crippen molar-refractivity contribution >= 4 is 21.7 Å². The van der Waals surface area contributed by atoms with Crippen LogP contribution in [0.15, 0.2) is 22.7 Å². The Bertz CT molecular complexity index is 376. The van der Waals surface area contributed by atoms with Crippen LogP contribution < -0.4 is 0 Å². The smallest absolute Gasteiger partial charge is 0.140 e. The molecule has 3 heteroatoms. The molecule has 0 amide bonds. The SMILES string of the molecule is CCCC(C)C(=O)Cc1ccc(F)c(Br)c1. The van der Waals surface area contributed by atoms with E-state index >= 15 is 0 Å². The summed E-state index contributed by atoms with van der Waals surface area (Å²) in [6.07, 6.45) is 2.32. The minimum atomic E-state index is -0.294. The fraction of sp³-hybridized carbons (Fsp3) is 0.462. The van der Waals surface area contributed by atoms with Gasteiger partial charge in [0.1, 0.15) is 11.6 Å². The largest absolute Gasteiger partial charge is 0.299 e. The molecule has 0 fully saturated rings. The van der Waals surface area contributed by atoms with Crippen LogP contribution in [-0.2, 0) is 11.2 Å². The molecule has 1 rings (SSSR count). The molecule has 0 aliphatic heterocycles. The van der Waals surface area contributed by atoms with Crippen molar-refractivity contribution in [3.63, 3.8) is 0 Å². The number of rotatable bonds is 5. The van der Waals surface area contributed by atoms with Gasteiger partial charge in [0.2, 0.25) is 0 Å². The van der Waals surface area contributed by atoms with Crippen molar-refractivity contribution < 1.29 is 9.18 Å². The number of carbonyl (C=O) groups is 1. The normalized spacial score (nSPS) is 12.5. The van der Waals surface area contributed by atoms with Crippen LogP contribution in [0.1, 0.15) is 32.3 Å². The molecular weight excluding hydrogens is 271 g/mol. The summed E-state index contributed by atoms with van der Waals surface area (Å²) < 4.78 is 13.4. The summed E-state index contributed by atoms with van der Waals surface area (Å²) in [6, 6.07) is 4.72. The highest BCUT2D eigenvalue weighted by atomic mass is 79.9. The topological polar surface area (TPSA) is 17.1 Å². The zero-order chi connectivity index (χ0) is 12.1. The summed E-state index contributed by atoms with van der Waals surface area (Å²) in [5.74, 6) is 0.0204.